The van der Waals surface area contributed by atoms with Crippen molar-refractivity contribution in [3.63, 3.8) is 0 Å². The van der Waals surface area contributed by atoms with Crippen molar-refractivity contribution < 1.29 is 23.4 Å². The van der Waals surface area contributed by atoms with Gasteiger partial charge in [-0.15, -0.1) is 12.4 Å². The highest BCUT2D eigenvalue weighted by Crippen LogP contribution is 2.12. The van der Waals surface area contributed by atoms with Gasteiger partial charge in [-0.1, -0.05) is 25.5 Å². The van der Waals surface area contributed by atoms with Crippen molar-refractivity contribution in [2.75, 3.05) is 5.75 Å². The van der Waals surface area contributed by atoms with Crippen LogP contribution in [0.4, 0.5) is 0 Å². The van der Waals surface area contributed by atoms with E-state index in [4.69, 9.17) is 10.2 Å². The lowest BCUT2D eigenvalue weighted by atomic mass is 10.1. The molecule has 1 aromatic rings. The number of carboxylic acids is 1. The van der Waals surface area contributed by atoms with E-state index in [2.05, 4.69) is 4.72 Å². The summed E-state index contributed by atoms with van der Waals surface area (Å²) >= 11 is 0. The smallest absolute Gasteiger partial charge is 0.322 e. The fraction of sp³-hybridized carbons (Fsp3) is 0.462. The first-order chi connectivity index (χ1) is 9.34. The molecule has 0 aliphatic carbocycles. The van der Waals surface area contributed by atoms with Gasteiger partial charge in [0.2, 0.25) is 10.0 Å². The van der Waals surface area contributed by atoms with E-state index in [0.29, 0.717) is 12.0 Å². The third-order valence-corrected chi connectivity index (χ3v) is 4.23. The molecule has 3 N–H and O–H groups in total. The second-order valence-corrected chi connectivity index (χ2v) is 6.43. The maximum atomic E-state index is 11.7. The number of aromatic hydroxyl groups is 1. The molecule has 120 valence electrons. The van der Waals surface area contributed by atoms with E-state index >= 15 is 0 Å². The van der Waals surface area contributed by atoms with E-state index < -0.39 is 22.0 Å². The zero-order valence-corrected chi connectivity index (χ0v) is 13.3. The minimum Gasteiger partial charge on any atom is -0.508 e. The summed E-state index contributed by atoms with van der Waals surface area (Å²) in [5.74, 6) is -1.23. The monoisotopic (exact) mass is 337 g/mol. The Morgan fingerprint density at radius 1 is 1.29 bits per heavy atom. The summed E-state index contributed by atoms with van der Waals surface area (Å²) in [6.07, 6.45) is 1.23. The fourth-order valence-corrected chi connectivity index (χ4v) is 3.06. The van der Waals surface area contributed by atoms with E-state index in [9.17, 15) is 13.2 Å². The summed E-state index contributed by atoms with van der Waals surface area (Å²) in [6, 6.07) is 4.78. The van der Waals surface area contributed by atoms with Crippen LogP contribution >= 0.6 is 12.4 Å². The van der Waals surface area contributed by atoms with Gasteiger partial charge < -0.3 is 10.2 Å². The second-order valence-electron chi connectivity index (χ2n) is 4.55. The molecule has 0 saturated carbocycles. The van der Waals surface area contributed by atoms with E-state index in [0.717, 1.165) is 6.42 Å². The van der Waals surface area contributed by atoms with Gasteiger partial charge in [0.25, 0.3) is 0 Å². The van der Waals surface area contributed by atoms with Gasteiger partial charge in [0, 0.05) is 0 Å². The molecule has 1 atom stereocenters. The lowest BCUT2D eigenvalue weighted by Crippen LogP contribution is -2.43. The molecule has 0 amide bonds. The summed E-state index contributed by atoms with van der Waals surface area (Å²) in [7, 11) is -3.60. The van der Waals surface area contributed by atoms with Gasteiger partial charge >= 0.3 is 5.97 Å². The Labute approximate surface area is 130 Å². The summed E-state index contributed by atoms with van der Waals surface area (Å²) in [5, 5.41) is 18.3. The molecule has 0 saturated heterocycles. The number of hydrogen-bond acceptors (Lipinski definition) is 4. The average Bonchev–Trinajstić information content (AvgIpc) is 2.38. The number of sulfonamides is 1. The zero-order chi connectivity index (χ0) is 15.2. The number of unbranched alkanes of at least 4 members (excludes halogenated alkanes) is 1. The second kappa shape index (κ2) is 8.86. The van der Waals surface area contributed by atoms with Crippen LogP contribution in [-0.2, 0) is 21.2 Å². The highest BCUT2D eigenvalue weighted by molar-refractivity contribution is 7.89. The van der Waals surface area contributed by atoms with Crippen molar-refractivity contribution in [2.24, 2.45) is 0 Å². The Kier molecular flexibility index (Phi) is 8.31. The molecule has 8 heteroatoms. The largest absolute Gasteiger partial charge is 0.508 e. The van der Waals surface area contributed by atoms with E-state index in [1.807, 2.05) is 6.92 Å². The summed E-state index contributed by atoms with van der Waals surface area (Å²) < 4.78 is 25.7. The van der Waals surface area contributed by atoms with Crippen molar-refractivity contribution in [2.45, 2.75) is 32.2 Å². The summed E-state index contributed by atoms with van der Waals surface area (Å²) in [6.45, 7) is 1.86. The Bertz CT molecular complexity index is 544. The van der Waals surface area contributed by atoms with Gasteiger partial charge in [0.15, 0.2) is 0 Å². The average molecular weight is 338 g/mol. The first-order valence-corrected chi connectivity index (χ1v) is 8.00. The van der Waals surface area contributed by atoms with Crippen LogP contribution in [0.25, 0.3) is 0 Å². The maximum absolute atomic E-state index is 11.7. The third kappa shape index (κ3) is 7.31. The molecule has 0 aliphatic rings. The van der Waals surface area contributed by atoms with Crippen molar-refractivity contribution >= 4 is 28.4 Å². The topological polar surface area (TPSA) is 104 Å². The number of carboxylic acid groups (broad SMARTS) is 1. The molecule has 1 aromatic carbocycles. The lowest BCUT2D eigenvalue weighted by molar-refractivity contribution is -0.138. The van der Waals surface area contributed by atoms with Crippen LogP contribution in [0.1, 0.15) is 25.3 Å². The Hall–Kier alpha value is -1.31. The predicted octanol–water partition coefficient (Wildman–Crippen LogP) is 1.53. The standard InChI is InChI=1S/C13H19NO5S.ClH/c1-2-3-8-20(18,19)14-12(13(16)17)9-10-4-6-11(15)7-5-10;/h4-7,12,14-15H,2-3,8-9H2,1H3,(H,16,17);1H/t12-;/m1./s1. The van der Waals surface area contributed by atoms with Gasteiger partial charge in [-0.25, -0.2) is 13.1 Å². The minimum absolute atomic E-state index is 0. The van der Waals surface area contributed by atoms with E-state index in [1.165, 1.54) is 12.1 Å². The number of phenols is 1. The Morgan fingerprint density at radius 2 is 1.86 bits per heavy atom. The molecule has 0 radical (unpaired) electrons. The molecule has 1 rings (SSSR count). The van der Waals surface area contributed by atoms with Crippen molar-refractivity contribution in [1.82, 2.24) is 4.72 Å². The molecule has 0 aromatic heterocycles. The van der Waals surface area contributed by atoms with E-state index in [-0.39, 0.29) is 30.3 Å². The highest BCUT2D eigenvalue weighted by Gasteiger charge is 2.23. The van der Waals surface area contributed by atoms with Crippen LogP contribution in [0.15, 0.2) is 24.3 Å². The summed E-state index contributed by atoms with van der Waals surface area (Å²) in [5.41, 5.74) is 0.633. The molecular weight excluding hydrogens is 318 g/mol. The first kappa shape index (κ1) is 19.7. The number of aliphatic carboxylic acids is 1. The summed E-state index contributed by atoms with van der Waals surface area (Å²) in [4.78, 5) is 11.1. The van der Waals surface area contributed by atoms with Crippen LogP contribution in [-0.4, -0.2) is 36.4 Å². The van der Waals surface area contributed by atoms with Crippen molar-refractivity contribution in [3.8, 4) is 5.75 Å². The molecule has 0 spiro atoms. The van der Waals surface area contributed by atoms with Gasteiger partial charge in [-0.3, -0.25) is 4.79 Å². The number of carbonyl (C=O) groups is 1. The molecule has 0 aliphatic heterocycles. The molecule has 0 fully saturated rings. The van der Waals surface area contributed by atoms with Gasteiger partial charge in [-0.2, -0.15) is 0 Å². The Balaban J connectivity index is 0.00000400. The molecule has 0 heterocycles. The zero-order valence-electron chi connectivity index (χ0n) is 11.7. The lowest BCUT2D eigenvalue weighted by Gasteiger charge is -2.14. The van der Waals surface area contributed by atoms with Crippen LogP contribution in [0.3, 0.4) is 0 Å². The van der Waals surface area contributed by atoms with E-state index in [1.54, 1.807) is 12.1 Å². The van der Waals surface area contributed by atoms with Crippen LogP contribution in [0.2, 0.25) is 0 Å². The van der Waals surface area contributed by atoms with Crippen LogP contribution in [0, 0.1) is 0 Å². The maximum Gasteiger partial charge on any atom is 0.322 e. The molecule has 6 nitrogen and oxygen atoms in total. The van der Waals surface area contributed by atoms with Crippen molar-refractivity contribution in [3.05, 3.63) is 29.8 Å². The highest BCUT2D eigenvalue weighted by atomic mass is 35.5. The quantitative estimate of drug-likeness (QED) is 0.667. The van der Waals surface area contributed by atoms with Gasteiger partial charge in [0.1, 0.15) is 11.8 Å². The first-order valence-electron chi connectivity index (χ1n) is 6.35. The number of rotatable bonds is 8. The van der Waals surface area contributed by atoms with Gasteiger partial charge in [0.05, 0.1) is 5.75 Å². The number of benzene rings is 1. The molecular formula is C13H20ClNO5S. The van der Waals surface area contributed by atoms with Crippen LogP contribution in [0.5, 0.6) is 5.75 Å². The molecule has 21 heavy (non-hydrogen) atoms. The van der Waals surface area contributed by atoms with Gasteiger partial charge in [-0.05, 0) is 30.5 Å². The molecule has 0 unspecified atom stereocenters. The fourth-order valence-electron chi connectivity index (χ4n) is 1.66. The third-order valence-electron chi connectivity index (χ3n) is 2.76. The Morgan fingerprint density at radius 3 is 2.33 bits per heavy atom. The molecule has 0 bridgehead atoms. The predicted molar refractivity (Wildman–Crippen MR) is 82.3 cm³/mol. The SMILES string of the molecule is CCCCS(=O)(=O)N[C@H](Cc1ccc(O)cc1)C(=O)O.Cl. The number of hydrogen-bond donors (Lipinski definition) is 3. The number of nitrogens with one attached hydrogen (secondary N) is 1. The number of phenolic OH excluding ortho intramolecular Hbond substituents is 1. The minimum atomic E-state index is -3.60. The van der Waals surface area contributed by atoms with Crippen LogP contribution < -0.4 is 4.72 Å². The normalized spacial score (nSPS) is 12.4. The number of halogens is 1. The van der Waals surface area contributed by atoms with Crippen molar-refractivity contribution in [1.29, 1.82) is 0 Å².